The average Bonchev–Trinajstić information content (AvgIpc) is 3.06. The highest BCUT2D eigenvalue weighted by Gasteiger charge is 2.41. The molecule has 0 radical (unpaired) electrons. The van der Waals surface area contributed by atoms with Gasteiger partial charge in [0.1, 0.15) is 16.1 Å². The third-order valence-corrected chi connectivity index (χ3v) is 5.83. The van der Waals surface area contributed by atoms with Crippen LogP contribution in [0.5, 0.6) is 0 Å². The van der Waals surface area contributed by atoms with Crippen LogP contribution in [-0.2, 0) is 10.3 Å². The van der Waals surface area contributed by atoms with E-state index in [1.165, 1.54) is 0 Å². The van der Waals surface area contributed by atoms with Crippen LogP contribution in [0, 0.1) is 0 Å². The Morgan fingerprint density at radius 3 is 2.55 bits per heavy atom. The molecule has 1 saturated carbocycles. The molecule has 1 amide bonds. The molecular weight excluding hydrogens is 384 g/mol. The van der Waals surface area contributed by atoms with E-state index in [1.54, 1.807) is 18.0 Å². The molecule has 0 spiro atoms. The molecule has 1 aliphatic carbocycles. The fourth-order valence-electron chi connectivity index (χ4n) is 3.62. The number of hydrogen-bond acceptors (Lipinski definition) is 5. The Bertz CT molecular complexity index is 1030. The van der Waals surface area contributed by atoms with Gasteiger partial charge in [-0.25, -0.2) is 9.78 Å². The first kappa shape index (κ1) is 19.8. The molecule has 152 valence electrons. The van der Waals surface area contributed by atoms with Gasteiger partial charge in [0.15, 0.2) is 5.65 Å². The summed E-state index contributed by atoms with van der Waals surface area (Å²) in [6, 6.07) is 10.3. The minimum absolute atomic E-state index is 0.336. The Kier molecular flexibility index (Phi) is 5.02. The van der Waals surface area contributed by atoms with E-state index < -0.39 is 5.60 Å². The predicted molar refractivity (Wildman–Crippen MR) is 116 cm³/mol. The monoisotopic (exact) mass is 410 g/mol. The van der Waals surface area contributed by atoms with Gasteiger partial charge in [0.2, 0.25) is 0 Å². The average molecular weight is 411 g/mol. The molecule has 4 rings (SSSR count). The lowest BCUT2D eigenvalue weighted by Gasteiger charge is -2.43. The summed E-state index contributed by atoms with van der Waals surface area (Å²) in [5.41, 5.74) is 3.94. The van der Waals surface area contributed by atoms with Gasteiger partial charge in [-0.2, -0.15) is 0 Å². The lowest BCUT2D eigenvalue weighted by molar-refractivity contribution is 0.0377. The van der Waals surface area contributed by atoms with Crippen LogP contribution in [0.1, 0.15) is 45.6 Å². The minimum Gasteiger partial charge on any atom is -0.444 e. The maximum Gasteiger partial charge on any atom is 0.408 e. The topological polar surface area (TPSA) is 79.9 Å². The molecule has 3 aromatic rings. The summed E-state index contributed by atoms with van der Waals surface area (Å²) in [6.45, 7) is 5.63. The van der Waals surface area contributed by atoms with Gasteiger partial charge in [-0.3, -0.25) is 4.98 Å². The Morgan fingerprint density at radius 2 is 1.97 bits per heavy atom. The molecule has 2 aromatic heterocycles. The zero-order chi connectivity index (χ0) is 20.6. The molecular formula is C22H26N4O2S. The third kappa shape index (κ3) is 4.10. The van der Waals surface area contributed by atoms with Crippen LogP contribution in [0.15, 0.2) is 41.6 Å². The number of carbonyl (C=O) groups excluding carboxylic acids is 1. The van der Waals surface area contributed by atoms with Crippen molar-refractivity contribution in [1.29, 1.82) is 0 Å². The van der Waals surface area contributed by atoms with Crippen molar-refractivity contribution in [2.75, 3.05) is 6.26 Å². The molecule has 0 bridgehead atoms. The summed E-state index contributed by atoms with van der Waals surface area (Å²) in [5.74, 6) is 0. The summed E-state index contributed by atoms with van der Waals surface area (Å²) in [4.78, 5) is 24.7. The summed E-state index contributed by atoms with van der Waals surface area (Å²) >= 11 is 1.57. The van der Waals surface area contributed by atoms with Crippen LogP contribution in [0.2, 0.25) is 0 Å². The largest absolute Gasteiger partial charge is 0.444 e. The second-order valence-corrected chi connectivity index (χ2v) is 9.30. The van der Waals surface area contributed by atoms with E-state index in [0.717, 1.165) is 52.3 Å². The molecule has 1 aliphatic rings. The summed E-state index contributed by atoms with van der Waals surface area (Å²) in [5, 5.41) is 3.99. The Morgan fingerprint density at radius 1 is 1.24 bits per heavy atom. The SMILES string of the molecule is CSc1cnc2cc(-c3ccc(C4(NC(=O)OC(C)(C)C)CCC4)cc3)[nH]c2n1. The highest BCUT2D eigenvalue weighted by Crippen LogP contribution is 2.42. The molecule has 0 unspecified atom stereocenters. The number of H-pyrrole nitrogens is 1. The molecule has 0 saturated heterocycles. The smallest absolute Gasteiger partial charge is 0.408 e. The normalized spacial score (nSPS) is 15.7. The van der Waals surface area contributed by atoms with Crippen LogP contribution in [0.25, 0.3) is 22.4 Å². The number of nitrogens with one attached hydrogen (secondary N) is 2. The van der Waals surface area contributed by atoms with Crippen molar-refractivity contribution in [2.24, 2.45) is 0 Å². The van der Waals surface area contributed by atoms with Gasteiger partial charge in [0, 0.05) is 5.69 Å². The zero-order valence-corrected chi connectivity index (χ0v) is 18.0. The number of carbonyl (C=O) groups is 1. The number of fused-ring (bicyclic) bond motifs is 1. The summed E-state index contributed by atoms with van der Waals surface area (Å²) in [6.07, 6.45) is 6.34. The molecule has 1 aromatic carbocycles. The molecule has 1 fully saturated rings. The highest BCUT2D eigenvalue weighted by atomic mass is 32.2. The quantitative estimate of drug-likeness (QED) is 0.574. The van der Waals surface area contributed by atoms with E-state index in [-0.39, 0.29) is 11.6 Å². The van der Waals surface area contributed by atoms with Crippen LogP contribution in [-0.4, -0.2) is 32.9 Å². The van der Waals surface area contributed by atoms with E-state index in [4.69, 9.17) is 4.74 Å². The minimum atomic E-state index is -0.507. The van der Waals surface area contributed by atoms with Gasteiger partial charge in [-0.15, -0.1) is 11.8 Å². The Balaban J connectivity index is 1.56. The highest BCUT2D eigenvalue weighted by molar-refractivity contribution is 7.98. The van der Waals surface area contributed by atoms with Gasteiger partial charge in [-0.05, 0) is 63.5 Å². The van der Waals surface area contributed by atoms with Gasteiger partial charge < -0.3 is 15.0 Å². The number of hydrogen-bond donors (Lipinski definition) is 2. The van der Waals surface area contributed by atoms with Crippen molar-refractivity contribution in [3.63, 3.8) is 0 Å². The van der Waals surface area contributed by atoms with Crippen molar-refractivity contribution in [2.45, 2.75) is 56.2 Å². The molecule has 7 heteroatoms. The van der Waals surface area contributed by atoms with Crippen LogP contribution in [0.4, 0.5) is 4.79 Å². The number of aromatic nitrogens is 3. The van der Waals surface area contributed by atoms with Crippen LogP contribution in [0.3, 0.4) is 0 Å². The number of alkyl carbamates (subject to hydrolysis) is 1. The van der Waals surface area contributed by atoms with Gasteiger partial charge in [0.25, 0.3) is 0 Å². The molecule has 29 heavy (non-hydrogen) atoms. The fourth-order valence-corrected chi connectivity index (χ4v) is 3.96. The number of amides is 1. The molecule has 2 N–H and O–H groups in total. The first-order valence-corrected chi connectivity index (χ1v) is 11.0. The van der Waals surface area contributed by atoms with E-state index in [9.17, 15) is 4.79 Å². The van der Waals surface area contributed by atoms with Crippen molar-refractivity contribution in [3.8, 4) is 11.3 Å². The van der Waals surface area contributed by atoms with Crippen LogP contribution >= 0.6 is 11.8 Å². The summed E-state index contributed by atoms with van der Waals surface area (Å²) in [7, 11) is 0. The number of nitrogens with zero attached hydrogens (tertiary/aromatic N) is 2. The molecule has 6 nitrogen and oxygen atoms in total. The van der Waals surface area contributed by atoms with Crippen molar-refractivity contribution < 1.29 is 9.53 Å². The summed E-state index contributed by atoms with van der Waals surface area (Å²) < 4.78 is 5.47. The van der Waals surface area contributed by atoms with Crippen LogP contribution < -0.4 is 5.32 Å². The molecule has 0 aliphatic heterocycles. The number of rotatable bonds is 4. The number of thioether (sulfide) groups is 1. The van der Waals surface area contributed by atoms with Crippen molar-refractivity contribution in [1.82, 2.24) is 20.3 Å². The fraction of sp³-hybridized carbons (Fsp3) is 0.409. The standard InChI is InChI=1S/C22H26N4O2S/c1-21(2,3)28-20(27)26-22(10-5-11-22)15-8-6-14(7-9-15)16-12-17-19(24-16)25-18(29-4)13-23-17/h6-9,12-13H,5,10-11H2,1-4H3,(H,24,25)(H,26,27). The Labute approximate surface area is 174 Å². The Hall–Kier alpha value is -2.54. The first-order chi connectivity index (χ1) is 13.8. The lowest BCUT2D eigenvalue weighted by atomic mass is 9.72. The van der Waals surface area contributed by atoms with Crippen molar-refractivity contribution >= 4 is 29.0 Å². The number of aromatic amines is 1. The zero-order valence-electron chi connectivity index (χ0n) is 17.2. The van der Waals surface area contributed by atoms with E-state index >= 15 is 0 Å². The maximum atomic E-state index is 12.3. The molecule has 2 heterocycles. The lowest BCUT2D eigenvalue weighted by Crippen LogP contribution is -2.52. The number of ether oxygens (including phenoxy) is 1. The third-order valence-electron chi connectivity index (χ3n) is 5.22. The van der Waals surface area contributed by atoms with E-state index in [0.29, 0.717) is 0 Å². The van der Waals surface area contributed by atoms with Crippen molar-refractivity contribution in [3.05, 3.63) is 42.1 Å². The van der Waals surface area contributed by atoms with E-state index in [1.807, 2.05) is 33.1 Å². The predicted octanol–water partition coefficient (Wildman–Crippen LogP) is 5.25. The van der Waals surface area contributed by atoms with Gasteiger partial charge in [0.05, 0.1) is 11.7 Å². The molecule has 0 atom stereocenters. The van der Waals surface area contributed by atoms with Gasteiger partial charge in [-0.1, -0.05) is 24.3 Å². The first-order valence-electron chi connectivity index (χ1n) is 9.80. The van der Waals surface area contributed by atoms with Gasteiger partial charge >= 0.3 is 6.09 Å². The van der Waals surface area contributed by atoms with E-state index in [2.05, 4.69) is 44.5 Å². The maximum absolute atomic E-state index is 12.3. The second-order valence-electron chi connectivity index (χ2n) is 8.47. The second kappa shape index (κ2) is 7.37. The number of benzene rings is 1.